The minimum atomic E-state index is -0.665. The summed E-state index contributed by atoms with van der Waals surface area (Å²) in [4.78, 5) is 35.4. The van der Waals surface area contributed by atoms with Crippen molar-refractivity contribution >= 4 is 41.1 Å². The lowest BCUT2D eigenvalue weighted by atomic mass is 10.2. The monoisotopic (exact) mass is 372 g/mol. The second-order valence-corrected chi connectivity index (χ2v) is 6.36. The molecule has 6 nitrogen and oxygen atoms in total. The number of esters is 1. The zero-order chi connectivity index (χ0) is 17.9. The minimum absolute atomic E-state index is 0.0755. The molecule has 0 aliphatic carbocycles. The van der Waals surface area contributed by atoms with Crippen molar-refractivity contribution in [2.75, 3.05) is 25.7 Å². The number of ether oxygens (including phenoxy) is 1. The number of hydrogen-bond donors (Lipinski definition) is 2. The topological polar surface area (TPSA) is 84.5 Å². The van der Waals surface area contributed by atoms with Gasteiger partial charge in [0, 0.05) is 23.6 Å². The third-order valence-corrected chi connectivity index (χ3v) is 4.07. The quantitative estimate of drug-likeness (QED) is 0.646. The molecule has 0 heterocycles. The summed E-state index contributed by atoms with van der Waals surface area (Å²) in [7, 11) is 1.28. The molecule has 0 radical (unpaired) electrons. The molecule has 2 N–H and O–H groups in total. The highest BCUT2D eigenvalue weighted by Gasteiger charge is 2.20. The van der Waals surface area contributed by atoms with E-state index in [0.717, 1.165) is 5.75 Å². The number of rotatable bonds is 9. The van der Waals surface area contributed by atoms with Crippen LogP contribution in [-0.4, -0.2) is 49.5 Å². The molecular formula is C16H21ClN2O4S. The maximum atomic E-state index is 11.9. The van der Waals surface area contributed by atoms with Crippen molar-refractivity contribution in [3.05, 3.63) is 34.9 Å². The van der Waals surface area contributed by atoms with Crippen molar-refractivity contribution < 1.29 is 19.1 Å². The number of carbonyl (C=O) groups is 3. The van der Waals surface area contributed by atoms with Crippen LogP contribution >= 0.6 is 23.4 Å². The fraction of sp³-hybridized carbons (Fsp3) is 0.438. The van der Waals surface area contributed by atoms with Crippen molar-refractivity contribution in [1.82, 2.24) is 10.6 Å². The van der Waals surface area contributed by atoms with Crippen LogP contribution in [0.1, 0.15) is 23.2 Å². The largest absolute Gasteiger partial charge is 0.467 e. The first-order valence-electron chi connectivity index (χ1n) is 7.37. The second kappa shape index (κ2) is 10.9. The summed E-state index contributed by atoms with van der Waals surface area (Å²) < 4.78 is 4.68. The van der Waals surface area contributed by atoms with Crippen LogP contribution in [0.15, 0.2) is 24.3 Å². The number of halogens is 1. The van der Waals surface area contributed by atoms with E-state index in [2.05, 4.69) is 15.4 Å². The summed E-state index contributed by atoms with van der Waals surface area (Å²) in [6.45, 7) is 0.170. The first-order valence-corrected chi connectivity index (χ1v) is 9.15. The summed E-state index contributed by atoms with van der Waals surface area (Å²) in [5, 5.41) is 5.82. The molecule has 2 amide bonds. The number of benzene rings is 1. The van der Waals surface area contributed by atoms with Gasteiger partial charge in [-0.05, 0) is 42.7 Å². The van der Waals surface area contributed by atoms with Gasteiger partial charge < -0.3 is 15.4 Å². The summed E-state index contributed by atoms with van der Waals surface area (Å²) in [6, 6.07) is 5.79. The molecule has 24 heavy (non-hydrogen) atoms. The van der Waals surface area contributed by atoms with E-state index < -0.39 is 12.0 Å². The van der Waals surface area contributed by atoms with E-state index in [4.69, 9.17) is 11.6 Å². The molecule has 132 valence electrons. The van der Waals surface area contributed by atoms with Gasteiger partial charge in [-0.2, -0.15) is 11.8 Å². The SMILES string of the molecule is COC(=O)C(CCSC)NC(=O)CCNC(=O)c1ccc(Cl)cc1. The van der Waals surface area contributed by atoms with Crippen LogP contribution in [0.2, 0.25) is 5.02 Å². The molecule has 0 aliphatic rings. The van der Waals surface area contributed by atoms with Crippen LogP contribution in [-0.2, 0) is 14.3 Å². The van der Waals surface area contributed by atoms with Crippen molar-refractivity contribution in [1.29, 1.82) is 0 Å². The molecule has 1 rings (SSSR count). The third-order valence-electron chi connectivity index (χ3n) is 3.18. The molecule has 1 aromatic carbocycles. The lowest BCUT2D eigenvalue weighted by Crippen LogP contribution is -2.43. The van der Waals surface area contributed by atoms with Crippen LogP contribution in [0, 0.1) is 0 Å². The van der Waals surface area contributed by atoms with Crippen molar-refractivity contribution in [3.63, 3.8) is 0 Å². The average Bonchev–Trinajstić information content (AvgIpc) is 2.58. The van der Waals surface area contributed by atoms with E-state index in [1.165, 1.54) is 7.11 Å². The molecule has 0 bridgehead atoms. The standard InChI is InChI=1S/C16H21ClN2O4S/c1-23-16(22)13(8-10-24-2)19-14(20)7-9-18-15(21)11-3-5-12(17)6-4-11/h3-6,13H,7-10H2,1-2H3,(H,18,21)(H,19,20). The maximum absolute atomic E-state index is 11.9. The molecule has 0 saturated heterocycles. The predicted molar refractivity (Wildman–Crippen MR) is 95.3 cm³/mol. The fourth-order valence-electron chi connectivity index (χ4n) is 1.89. The highest BCUT2D eigenvalue weighted by molar-refractivity contribution is 7.98. The Morgan fingerprint density at radius 2 is 1.92 bits per heavy atom. The van der Waals surface area contributed by atoms with E-state index in [0.29, 0.717) is 17.0 Å². The normalized spacial score (nSPS) is 11.5. The number of methoxy groups -OCH3 is 1. The van der Waals surface area contributed by atoms with Crippen LogP contribution in [0.5, 0.6) is 0 Å². The average molecular weight is 373 g/mol. The molecular weight excluding hydrogens is 352 g/mol. The van der Waals surface area contributed by atoms with Crippen LogP contribution < -0.4 is 10.6 Å². The zero-order valence-electron chi connectivity index (χ0n) is 13.6. The van der Waals surface area contributed by atoms with Gasteiger partial charge in [-0.1, -0.05) is 11.6 Å². The van der Waals surface area contributed by atoms with E-state index in [-0.39, 0.29) is 24.8 Å². The van der Waals surface area contributed by atoms with Gasteiger partial charge in [-0.3, -0.25) is 9.59 Å². The van der Waals surface area contributed by atoms with E-state index in [1.807, 2.05) is 6.26 Å². The van der Waals surface area contributed by atoms with Crippen molar-refractivity contribution in [2.45, 2.75) is 18.9 Å². The highest BCUT2D eigenvalue weighted by Crippen LogP contribution is 2.09. The Balaban J connectivity index is 2.39. The first kappa shape index (κ1) is 20.3. The van der Waals surface area contributed by atoms with Crippen LogP contribution in [0.3, 0.4) is 0 Å². The molecule has 0 fully saturated rings. The zero-order valence-corrected chi connectivity index (χ0v) is 15.2. The highest BCUT2D eigenvalue weighted by atomic mass is 35.5. The Bertz CT molecular complexity index is 566. The third kappa shape index (κ3) is 7.23. The Labute approximate surface area is 150 Å². The number of nitrogens with one attached hydrogen (secondary N) is 2. The first-order chi connectivity index (χ1) is 11.5. The summed E-state index contributed by atoms with van der Waals surface area (Å²) in [6.07, 6.45) is 2.49. The van der Waals surface area contributed by atoms with E-state index >= 15 is 0 Å². The van der Waals surface area contributed by atoms with E-state index in [9.17, 15) is 14.4 Å². The Morgan fingerprint density at radius 3 is 2.50 bits per heavy atom. The Hall–Kier alpha value is -1.73. The lowest BCUT2D eigenvalue weighted by Gasteiger charge is -2.16. The van der Waals surface area contributed by atoms with Gasteiger partial charge in [0.1, 0.15) is 6.04 Å². The van der Waals surface area contributed by atoms with Crippen molar-refractivity contribution in [2.24, 2.45) is 0 Å². The summed E-state index contributed by atoms with van der Waals surface area (Å²) in [5.74, 6) is -0.343. The summed E-state index contributed by atoms with van der Waals surface area (Å²) in [5.41, 5.74) is 0.465. The number of thioether (sulfide) groups is 1. The fourth-order valence-corrected chi connectivity index (χ4v) is 2.48. The number of amides is 2. The predicted octanol–water partition coefficient (Wildman–Crippen LogP) is 1.87. The Morgan fingerprint density at radius 1 is 1.25 bits per heavy atom. The van der Waals surface area contributed by atoms with Gasteiger partial charge in [-0.15, -0.1) is 0 Å². The smallest absolute Gasteiger partial charge is 0.328 e. The molecule has 1 atom stereocenters. The van der Waals surface area contributed by atoms with Gasteiger partial charge in [0.15, 0.2) is 0 Å². The Kier molecular flexibility index (Phi) is 9.26. The molecule has 8 heteroatoms. The molecule has 0 spiro atoms. The van der Waals surface area contributed by atoms with Crippen LogP contribution in [0.25, 0.3) is 0 Å². The van der Waals surface area contributed by atoms with Gasteiger partial charge in [-0.25, -0.2) is 4.79 Å². The second-order valence-electron chi connectivity index (χ2n) is 4.94. The molecule has 0 saturated carbocycles. The molecule has 0 aliphatic heterocycles. The molecule has 1 aromatic rings. The molecule has 0 aromatic heterocycles. The molecule has 1 unspecified atom stereocenters. The van der Waals surface area contributed by atoms with E-state index in [1.54, 1.807) is 36.0 Å². The van der Waals surface area contributed by atoms with Gasteiger partial charge in [0.25, 0.3) is 5.91 Å². The number of carbonyl (C=O) groups excluding carboxylic acids is 3. The number of hydrogen-bond acceptors (Lipinski definition) is 5. The van der Waals surface area contributed by atoms with Crippen LogP contribution in [0.4, 0.5) is 0 Å². The van der Waals surface area contributed by atoms with Gasteiger partial charge in [0.05, 0.1) is 7.11 Å². The minimum Gasteiger partial charge on any atom is -0.467 e. The summed E-state index contributed by atoms with van der Waals surface area (Å²) >= 11 is 7.34. The van der Waals surface area contributed by atoms with Crippen molar-refractivity contribution in [3.8, 4) is 0 Å². The lowest BCUT2D eigenvalue weighted by molar-refractivity contribution is -0.145. The van der Waals surface area contributed by atoms with Gasteiger partial charge in [0.2, 0.25) is 5.91 Å². The van der Waals surface area contributed by atoms with Gasteiger partial charge >= 0.3 is 5.97 Å². The maximum Gasteiger partial charge on any atom is 0.328 e.